The summed E-state index contributed by atoms with van der Waals surface area (Å²) >= 11 is 5.80. The van der Waals surface area contributed by atoms with Gasteiger partial charge in [-0.3, -0.25) is 14.9 Å². The van der Waals surface area contributed by atoms with Crippen molar-refractivity contribution in [2.24, 2.45) is 5.10 Å². The van der Waals surface area contributed by atoms with Crippen LogP contribution in [-0.4, -0.2) is 28.2 Å². The number of hydrazone groups is 1. The Labute approximate surface area is 154 Å². The Hall–Kier alpha value is -3.13. The number of aromatic hydroxyl groups is 1. The highest BCUT2D eigenvalue weighted by atomic mass is 35.5. The fraction of sp³-hybridized carbons (Fsp3) is 0.176. The second-order valence-electron chi connectivity index (χ2n) is 5.33. The molecule has 0 radical (unpaired) electrons. The molecule has 0 saturated heterocycles. The molecular weight excluding hydrogens is 360 g/mol. The quantitative estimate of drug-likeness (QED) is 0.389. The lowest BCUT2D eigenvalue weighted by atomic mass is 10.2. The Morgan fingerprint density at radius 3 is 2.69 bits per heavy atom. The first-order valence-corrected chi connectivity index (χ1v) is 8.11. The van der Waals surface area contributed by atoms with Gasteiger partial charge in [0, 0.05) is 22.3 Å². The van der Waals surface area contributed by atoms with Gasteiger partial charge in [-0.05, 0) is 24.6 Å². The minimum atomic E-state index is -0.756. The normalized spacial score (nSPS) is 11.9. The lowest BCUT2D eigenvalue weighted by Gasteiger charge is -2.16. The number of nitrogens with one attached hydrogen (secondary N) is 2. The van der Waals surface area contributed by atoms with Crippen molar-refractivity contribution in [3.8, 4) is 5.75 Å². The number of halogens is 1. The van der Waals surface area contributed by atoms with E-state index in [1.54, 1.807) is 0 Å². The number of para-hydroxylation sites is 1. The molecule has 0 unspecified atom stereocenters. The van der Waals surface area contributed by atoms with Crippen LogP contribution in [0.25, 0.3) is 0 Å². The van der Waals surface area contributed by atoms with E-state index in [0.29, 0.717) is 6.42 Å². The van der Waals surface area contributed by atoms with Gasteiger partial charge in [-0.1, -0.05) is 36.7 Å². The molecule has 0 aromatic heterocycles. The van der Waals surface area contributed by atoms with Gasteiger partial charge in [0.05, 0.1) is 11.1 Å². The van der Waals surface area contributed by atoms with Crippen LogP contribution in [0, 0.1) is 10.1 Å². The molecule has 26 heavy (non-hydrogen) atoms. The van der Waals surface area contributed by atoms with Gasteiger partial charge in [0.2, 0.25) is 5.75 Å². The minimum absolute atomic E-state index is 0.0218. The van der Waals surface area contributed by atoms with E-state index in [1.165, 1.54) is 6.07 Å². The van der Waals surface area contributed by atoms with Gasteiger partial charge in [0.1, 0.15) is 6.04 Å². The molecule has 0 bridgehead atoms. The van der Waals surface area contributed by atoms with Crippen LogP contribution in [0.2, 0.25) is 5.02 Å². The molecule has 0 aliphatic carbocycles. The van der Waals surface area contributed by atoms with E-state index < -0.39 is 22.4 Å². The number of hydrogen-bond donors (Lipinski definition) is 3. The Morgan fingerprint density at radius 1 is 1.38 bits per heavy atom. The summed E-state index contributed by atoms with van der Waals surface area (Å²) in [6.07, 6.45) is 1.62. The number of amides is 1. The van der Waals surface area contributed by atoms with E-state index in [1.807, 2.05) is 37.3 Å². The smallest absolute Gasteiger partial charge is 0.312 e. The van der Waals surface area contributed by atoms with Crippen molar-refractivity contribution in [3.63, 3.8) is 0 Å². The Morgan fingerprint density at radius 2 is 2.08 bits per heavy atom. The number of benzene rings is 2. The van der Waals surface area contributed by atoms with Crippen LogP contribution < -0.4 is 10.7 Å². The van der Waals surface area contributed by atoms with Gasteiger partial charge >= 0.3 is 5.69 Å². The topological polar surface area (TPSA) is 117 Å². The van der Waals surface area contributed by atoms with Gasteiger partial charge in [0.25, 0.3) is 5.91 Å². The molecule has 0 aliphatic heterocycles. The third kappa shape index (κ3) is 4.93. The molecule has 2 aromatic rings. The minimum Gasteiger partial charge on any atom is -0.502 e. The second kappa shape index (κ2) is 8.82. The largest absolute Gasteiger partial charge is 0.502 e. The molecule has 9 heteroatoms. The SMILES string of the molecule is CC[C@@H](Nc1ccccc1)C(=O)N/N=C/c1cc(Cl)cc([N+](=O)[O-])c1O. The monoisotopic (exact) mass is 376 g/mol. The molecule has 0 spiro atoms. The van der Waals surface area contributed by atoms with Gasteiger partial charge in [-0.2, -0.15) is 5.10 Å². The summed E-state index contributed by atoms with van der Waals surface area (Å²) < 4.78 is 0. The summed E-state index contributed by atoms with van der Waals surface area (Å²) in [5, 5.41) is 27.7. The molecule has 1 atom stereocenters. The molecule has 2 rings (SSSR count). The third-order valence-electron chi connectivity index (χ3n) is 3.50. The van der Waals surface area contributed by atoms with Crippen LogP contribution in [-0.2, 0) is 4.79 Å². The number of nitro benzene ring substituents is 1. The summed E-state index contributed by atoms with van der Waals surface area (Å²) in [5.41, 5.74) is 2.62. The number of hydrogen-bond acceptors (Lipinski definition) is 6. The third-order valence-corrected chi connectivity index (χ3v) is 3.72. The summed E-state index contributed by atoms with van der Waals surface area (Å²) in [7, 11) is 0. The maximum absolute atomic E-state index is 12.2. The van der Waals surface area contributed by atoms with Crippen LogP contribution in [0.5, 0.6) is 5.75 Å². The fourth-order valence-electron chi connectivity index (χ4n) is 2.17. The van der Waals surface area contributed by atoms with Crippen LogP contribution in [0.15, 0.2) is 47.6 Å². The number of phenolic OH excluding ortho intramolecular Hbond substituents is 1. The zero-order valence-corrected chi connectivity index (χ0v) is 14.6. The Kier molecular flexibility index (Phi) is 6.51. The van der Waals surface area contributed by atoms with E-state index in [9.17, 15) is 20.0 Å². The van der Waals surface area contributed by atoms with Gasteiger partial charge in [-0.25, -0.2) is 5.43 Å². The number of rotatable bonds is 7. The first kappa shape index (κ1) is 19.2. The summed E-state index contributed by atoms with van der Waals surface area (Å²) in [4.78, 5) is 22.3. The summed E-state index contributed by atoms with van der Waals surface area (Å²) in [6.45, 7) is 1.84. The molecule has 136 valence electrons. The molecule has 0 fully saturated rings. The first-order chi connectivity index (χ1) is 12.4. The van der Waals surface area contributed by atoms with Crippen LogP contribution in [0.4, 0.5) is 11.4 Å². The Bertz CT molecular complexity index is 827. The van der Waals surface area contributed by atoms with Gasteiger partial charge < -0.3 is 10.4 Å². The van der Waals surface area contributed by atoms with Crippen LogP contribution in [0.1, 0.15) is 18.9 Å². The standard InChI is InChI=1S/C17H17ClN4O4/c1-2-14(20-13-6-4-3-5-7-13)17(24)21-19-10-11-8-12(18)9-15(16(11)23)22(25)26/h3-10,14,20,23H,2H2,1H3,(H,21,24)/b19-10+/t14-/m1/s1. The maximum atomic E-state index is 12.2. The van der Waals surface area contributed by atoms with Crippen molar-refractivity contribution < 1.29 is 14.8 Å². The Balaban J connectivity index is 2.07. The van der Waals surface area contributed by atoms with Gasteiger partial charge in [-0.15, -0.1) is 0 Å². The average Bonchev–Trinajstić information content (AvgIpc) is 2.62. The zero-order valence-electron chi connectivity index (χ0n) is 13.8. The second-order valence-corrected chi connectivity index (χ2v) is 5.76. The number of carbonyl (C=O) groups excluding carboxylic acids is 1. The number of phenols is 1. The number of anilines is 1. The van der Waals surface area contributed by atoms with Crippen molar-refractivity contribution in [1.82, 2.24) is 5.43 Å². The molecule has 8 nitrogen and oxygen atoms in total. The van der Waals surface area contributed by atoms with Crippen LogP contribution >= 0.6 is 11.6 Å². The predicted octanol–water partition coefficient (Wildman–Crippen LogP) is 3.29. The summed E-state index contributed by atoms with van der Waals surface area (Å²) in [6, 6.07) is 11.1. The van der Waals surface area contributed by atoms with Gasteiger partial charge in [0.15, 0.2) is 0 Å². The number of nitrogens with zero attached hydrogens (tertiary/aromatic N) is 2. The van der Waals surface area contributed by atoms with Crippen molar-refractivity contribution in [2.45, 2.75) is 19.4 Å². The number of carbonyl (C=O) groups is 1. The highest BCUT2D eigenvalue weighted by molar-refractivity contribution is 6.31. The van der Waals surface area contributed by atoms with Crippen molar-refractivity contribution >= 4 is 35.1 Å². The van der Waals surface area contributed by atoms with Crippen molar-refractivity contribution in [2.75, 3.05) is 5.32 Å². The molecule has 0 heterocycles. The van der Waals surface area contributed by atoms with E-state index in [2.05, 4.69) is 15.8 Å². The molecule has 3 N–H and O–H groups in total. The lowest BCUT2D eigenvalue weighted by Crippen LogP contribution is -2.36. The highest BCUT2D eigenvalue weighted by Gasteiger charge is 2.18. The van der Waals surface area contributed by atoms with Crippen molar-refractivity contribution in [3.05, 3.63) is 63.2 Å². The maximum Gasteiger partial charge on any atom is 0.312 e. The van der Waals surface area contributed by atoms with E-state index in [-0.39, 0.29) is 16.5 Å². The molecular formula is C17H17ClN4O4. The fourth-order valence-corrected chi connectivity index (χ4v) is 2.40. The number of nitro groups is 1. The predicted molar refractivity (Wildman–Crippen MR) is 99.7 cm³/mol. The van der Waals surface area contributed by atoms with E-state index >= 15 is 0 Å². The average molecular weight is 377 g/mol. The molecule has 0 saturated carbocycles. The van der Waals surface area contributed by atoms with Crippen molar-refractivity contribution in [1.29, 1.82) is 0 Å². The van der Waals surface area contributed by atoms with E-state index in [4.69, 9.17) is 11.6 Å². The lowest BCUT2D eigenvalue weighted by molar-refractivity contribution is -0.385. The molecule has 1 amide bonds. The van der Waals surface area contributed by atoms with Crippen LogP contribution in [0.3, 0.4) is 0 Å². The summed E-state index contributed by atoms with van der Waals surface area (Å²) in [5.74, 6) is -0.963. The first-order valence-electron chi connectivity index (χ1n) is 7.73. The highest BCUT2D eigenvalue weighted by Crippen LogP contribution is 2.32. The molecule has 2 aromatic carbocycles. The molecule has 0 aliphatic rings. The van der Waals surface area contributed by atoms with E-state index in [0.717, 1.165) is 18.0 Å². The zero-order chi connectivity index (χ0) is 19.1.